The van der Waals surface area contributed by atoms with Crippen molar-refractivity contribution < 1.29 is 14.3 Å². The first-order valence-corrected chi connectivity index (χ1v) is 9.88. The van der Waals surface area contributed by atoms with Gasteiger partial charge in [0.05, 0.1) is 25.5 Å². The molecule has 1 N–H and O–H groups in total. The van der Waals surface area contributed by atoms with E-state index in [4.69, 9.17) is 9.47 Å². The van der Waals surface area contributed by atoms with Crippen molar-refractivity contribution in [3.05, 3.63) is 47.8 Å². The molecule has 0 aliphatic heterocycles. The zero-order chi connectivity index (χ0) is 21.4. The summed E-state index contributed by atoms with van der Waals surface area (Å²) in [6.45, 7) is 7.83. The van der Waals surface area contributed by atoms with Gasteiger partial charge in [-0.2, -0.15) is 4.98 Å². The molecule has 0 bridgehead atoms. The number of aromatic nitrogens is 3. The number of pyridine rings is 1. The van der Waals surface area contributed by atoms with Crippen LogP contribution in [0.4, 0.5) is 0 Å². The minimum atomic E-state index is -0.0756. The third-order valence-corrected chi connectivity index (χ3v) is 4.56. The molecule has 7 nitrogen and oxygen atoms in total. The second-order valence-corrected chi connectivity index (χ2v) is 6.58. The number of methoxy groups -OCH3 is 1. The normalized spacial score (nSPS) is 17.7. The Morgan fingerprint density at radius 1 is 1.28 bits per heavy atom. The van der Waals surface area contributed by atoms with Crippen molar-refractivity contribution in [2.45, 2.75) is 40.0 Å². The van der Waals surface area contributed by atoms with Crippen LogP contribution in [-0.2, 0) is 4.79 Å². The van der Waals surface area contributed by atoms with E-state index >= 15 is 0 Å². The summed E-state index contributed by atoms with van der Waals surface area (Å²) < 4.78 is 11.1. The Hall–Kier alpha value is -2.96. The third kappa shape index (κ3) is 5.76. The van der Waals surface area contributed by atoms with Gasteiger partial charge in [-0.05, 0) is 32.4 Å². The molecule has 2 atom stereocenters. The number of hydrogen-bond donors (Lipinski definition) is 1. The monoisotopic (exact) mass is 398 g/mol. The highest BCUT2D eigenvalue weighted by atomic mass is 16.5. The van der Waals surface area contributed by atoms with E-state index in [-0.39, 0.29) is 5.78 Å². The van der Waals surface area contributed by atoms with E-state index in [1.54, 1.807) is 39.7 Å². The number of aryl methyl sites for hydroxylation is 1. The second-order valence-electron chi connectivity index (χ2n) is 6.58. The van der Waals surface area contributed by atoms with Gasteiger partial charge in [0, 0.05) is 42.5 Å². The lowest BCUT2D eigenvalue weighted by atomic mass is 10.1. The van der Waals surface area contributed by atoms with Gasteiger partial charge in [-0.1, -0.05) is 13.8 Å². The van der Waals surface area contributed by atoms with Gasteiger partial charge in [0.1, 0.15) is 11.6 Å². The summed E-state index contributed by atoms with van der Waals surface area (Å²) in [5.41, 5.74) is 2.14. The minimum Gasteiger partial charge on any atom is -0.495 e. The Labute approximate surface area is 172 Å². The van der Waals surface area contributed by atoms with Gasteiger partial charge in [-0.3, -0.25) is 9.78 Å². The number of nitrogens with zero attached hydrogens (tertiary/aromatic N) is 3. The molecular weight excluding hydrogens is 368 g/mol. The number of hydrogen-bond acceptors (Lipinski definition) is 7. The highest BCUT2D eigenvalue weighted by molar-refractivity contribution is 6.19. The lowest BCUT2D eigenvalue weighted by molar-refractivity contribution is -0.111. The van der Waals surface area contributed by atoms with Crippen molar-refractivity contribution in [1.29, 1.82) is 0 Å². The molecule has 0 aromatic carbocycles. The highest BCUT2D eigenvalue weighted by Crippen LogP contribution is 2.47. The fourth-order valence-electron chi connectivity index (χ4n) is 2.97. The molecule has 3 rings (SSSR count). The van der Waals surface area contributed by atoms with E-state index in [0.717, 1.165) is 17.9 Å². The van der Waals surface area contributed by atoms with Crippen LogP contribution in [0.15, 0.2) is 30.7 Å². The van der Waals surface area contributed by atoms with Crippen molar-refractivity contribution in [1.82, 2.24) is 20.3 Å². The number of allylic oxidation sites excluding steroid dienone is 1. The molecule has 1 saturated carbocycles. The molecule has 1 fully saturated rings. The highest BCUT2D eigenvalue weighted by Gasteiger charge is 2.40. The maximum atomic E-state index is 12.0. The summed E-state index contributed by atoms with van der Waals surface area (Å²) >= 11 is 0. The van der Waals surface area contributed by atoms with Crippen LogP contribution < -0.4 is 14.8 Å². The Morgan fingerprint density at radius 3 is 2.62 bits per heavy atom. The summed E-state index contributed by atoms with van der Waals surface area (Å²) in [5.74, 6) is 2.47. The van der Waals surface area contributed by atoms with Crippen LogP contribution in [0, 0.1) is 12.8 Å². The van der Waals surface area contributed by atoms with Crippen molar-refractivity contribution in [3.8, 4) is 11.6 Å². The first-order valence-electron chi connectivity index (χ1n) is 9.88. The van der Waals surface area contributed by atoms with Crippen LogP contribution >= 0.6 is 0 Å². The molecule has 2 unspecified atom stereocenters. The van der Waals surface area contributed by atoms with Gasteiger partial charge >= 0.3 is 0 Å². The molecular formula is C22H30N4O3. The first kappa shape index (κ1) is 22.3. The van der Waals surface area contributed by atoms with Gasteiger partial charge < -0.3 is 14.8 Å². The van der Waals surface area contributed by atoms with E-state index in [2.05, 4.69) is 20.3 Å². The molecule has 0 saturated heterocycles. The number of Topliss-reactive ketones (excluding diaryl/α,β-unsaturated/α-hetero) is 1. The fraction of sp³-hybridized carbons (Fsp3) is 0.455. The quantitative estimate of drug-likeness (QED) is 0.681. The van der Waals surface area contributed by atoms with E-state index in [0.29, 0.717) is 41.3 Å². The molecule has 0 amide bonds. The zero-order valence-corrected chi connectivity index (χ0v) is 18.0. The predicted molar refractivity (Wildman–Crippen MR) is 113 cm³/mol. The smallest absolute Gasteiger partial charge is 0.224 e. The molecule has 2 aromatic rings. The number of rotatable bonds is 8. The largest absolute Gasteiger partial charge is 0.495 e. The van der Waals surface area contributed by atoms with Crippen molar-refractivity contribution in [3.63, 3.8) is 0 Å². The van der Waals surface area contributed by atoms with Crippen LogP contribution in [0.2, 0.25) is 0 Å². The predicted octanol–water partition coefficient (Wildman–Crippen LogP) is 3.55. The molecule has 2 heterocycles. The lowest BCUT2D eigenvalue weighted by Gasteiger charge is -2.12. The van der Waals surface area contributed by atoms with Gasteiger partial charge in [0.15, 0.2) is 5.78 Å². The number of carbonyl (C=O) groups is 1. The number of ether oxygens (including phenoxy) is 2. The van der Waals surface area contributed by atoms with E-state index < -0.39 is 0 Å². The average Bonchev–Trinajstić information content (AvgIpc) is 3.52. The SMILES string of the molecule is CC.CN/C=C(\C(C)=O)c1cnc(C)nc1OCC1CC1c1ccc(OC)cn1. The molecule has 7 heteroatoms. The summed E-state index contributed by atoms with van der Waals surface area (Å²) in [6, 6.07) is 3.92. The third-order valence-electron chi connectivity index (χ3n) is 4.56. The van der Waals surface area contributed by atoms with E-state index in [1.807, 2.05) is 26.0 Å². The van der Waals surface area contributed by atoms with Crippen LogP contribution in [0.1, 0.15) is 50.2 Å². The van der Waals surface area contributed by atoms with Gasteiger partial charge in [0.25, 0.3) is 0 Å². The van der Waals surface area contributed by atoms with Gasteiger partial charge in [0.2, 0.25) is 5.88 Å². The van der Waals surface area contributed by atoms with Crippen LogP contribution in [-0.4, -0.2) is 41.5 Å². The Balaban J connectivity index is 0.00000145. The zero-order valence-electron chi connectivity index (χ0n) is 18.0. The topological polar surface area (TPSA) is 86.2 Å². The Morgan fingerprint density at radius 2 is 2.03 bits per heavy atom. The minimum absolute atomic E-state index is 0.0756. The molecule has 1 aliphatic rings. The number of ketones is 1. The van der Waals surface area contributed by atoms with Crippen LogP contribution in [0.5, 0.6) is 11.6 Å². The second kappa shape index (κ2) is 10.5. The molecule has 0 radical (unpaired) electrons. The summed E-state index contributed by atoms with van der Waals surface area (Å²) in [4.78, 5) is 25.0. The van der Waals surface area contributed by atoms with Crippen molar-refractivity contribution >= 4 is 11.4 Å². The Bertz CT molecular complexity index is 850. The molecule has 1 aliphatic carbocycles. The standard InChI is InChI=1S/C20H24N4O3.C2H6/c1-12(25)17(9-21-3)18-10-22-13(2)24-20(18)27-11-14-7-16(14)19-6-5-15(26-4)8-23-19;1-2/h5-6,8-10,14,16,21H,7,11H2,1-4H3;1-2H3/b17-9+;. The van der Waals surface area contributed by atoms with Crippen molar-refractivity contribution in [2.75, 3.05) is 20.8 Å². The fourth-order valence-corrected chi connectivity index (χ4v) is 2.97. The van der Waals surface area contributed by atoms with Crippen LogP contribution in [0.25, 0.3) is 5.57 Å². The molecule has 0 spiro atoms. The average molecular weight is 399 g/mol. The maximum Gasteiger partial charge on any atom is 0.224 e. The summed E-state index contributed by atoms with van der Waals surface area (Å²) in [5, 5.41) is 2.89. The van der Waals surface area contributed by atoms with Gasteiger partial charge in [-0.15, -0.1) is 0 Å². The lowest BCUT2D eigenvalue weighted by Crippen LogP contribution is -2.10. The number of nitrogens with one attached hydrogen (secondary N) is 1. The van der Waals surface area contributed by atoms with Crippen molar-refractivity contribution in [2.24, 2.45) is 5.92 Å². The van der Waals surface area contributed by atoms with Gasteiger partial charge in [-0.25, -0.2) is 4.98 Å². The molecule has 156 valence electrons. The molecule has 29 heavy (non-hydrogen) atoms. The summed E-state index contributed by atoms with van der Waals surface area (Å²) in [7, 11) is 3.37. The van der Waals surface area contributed by atoms with E-state index in [1.165, 1.54) is 6.92 Å². The first-order chi connectivity index (χ1) is 14.0. The molecule has 2 aromatic heterocycles. The number of carbonyl (C=O) groups excluding carboxylic acids is 1. The van der Waals surface area contributed by atoms with Crippen LogP contribution in [0.3, 0.4) is 0 Å². The maximum absolute atomic E-state index is 12.0. The summed E-state index contributed by atoms with van der Waals surface area (Å²) in [6.07, 6.45) is 6.03. The van der Waals surface area contributed by atoms with E-state index in [9.17, 15) is 4.79 Å². The Kier molecular flexibility index (Phi) is 8.12.